The van der Waals surface area contributed by atoms with Crippen LogP contribution in [0.1, 0.15) is 50.9 Å². The molecule has 7 rings (SSSR count). The summed E-state index contributed by atoms with van der Waals surface area (Å²) in [5.74, 6) is 1.87. The molecule has 0 fully saturated rings. The summed E-state index contributed by atoms with van der Waals surface area (Å²) in [5, 5.41) is 8.01. The van der Waals surface area contributed by atoms with Crippen molar-refractivity contribution in [1.29, 1.82) is 0 Å². The molecule has 0 saturated carbocycles. The molecule has 0 N–H and O–H groups in total. The molecule has 51 heavy (non-hydrogen) atoms. The minimum atomic E-state index is -0.968. The second-order valence-electron chi connectivity index (χ2n) is 14.4. The molecule has 1 aliphatic heterocycles. The van der Waals surface area contributed by atoms with Gasteiger partial charge in [0, 0.05) is 17.5 Å². The van der Waals surface area contributed by atoms with Crippen molar-refractivity contribution in [3.8, 4) is 22.6 Å². The lowest BCUT2D eigenvalue weighted by atomic mass is 10.0. The van der Waals surface area contributed by atoms with E-state index in [0.29, 0.717) is 13.2 Å². The van der Waals surface area contributed by atoms with Crippen molar-refractivity contribution in [3.63, 3.8) is 0 Å². The Morgan fingerprint density at radius 3 is 0.922 bits per heavy atom. The maximum absolute atomic E-state index is 6.78. The Morgan fingerprint density at radius 1 is 0.373 bits per heavy atom. The molecule has 1 aliphatic rings. The lowest BCUT2D eigenvalue weighted by molar-refractivity contribution is 0.252. The van der Waals surface area contributed by atoms with Gasteiger partial charge in [0.2, 0.25) is 0 Å². The standard InChI is InChI=1S/C47H48O2P2/c1-30-18-31(2)23-38(22-30)50(39-24-32(3)19-33(4)25-39)44-14-9-12-42-46(44)47-43(49-17-11-16-48-42)13-10-15-45(47)51(40-26-34(5)20-35(6)27-40)41-28-36(7)21-37(8)29-41/h9-10,12-15,18-29H,11,16-17H2,1-8H3. The molecule has 0 saturated heterocycles. The number of hydrogen-bond acceptors (Lipinski definition) is 2. The first-order valence-corrected chi connectivity index (χ1v) is 20.7. The Morgan fingerprint density at radius 2 is 0.647 bits per heavy atom. The van der Waals surface area contributed by atoms with Gasteiger partial charge in [-0.05, 0) is 115 Å². The quantitative estimate of drug-likeness (QED) is 0.161. The Labute approximate surface area is 307 Å². The smallest absolute Gasteiger partial charge is 0.127 e. The van der Waals surface area contributed by atoms with Crippen LogP contribution in [0.2, 0.25) is 0 Å². The topological polar surface area (TPSA) is 18.5 Å². The average Bonchev–Trinajstić information content (AvgIpc) is 3.13. The maximum Gasteiger partial charge on any atom is 0.127 e. The number of fused-ring (bicyclic) bond motifs is 3. The van der Waals surface area contributed by atoms with Gasteiger partial charge in [0.05, 0.1) is 13.2 Å². The summed E-state index contributed by atoms with van der Waals surface area (Å²) in [6.45, 7) is 19.0. The van der Waals surface area contributed by atoms with E-state index in [0.717, 1.165) is 29.0 Å². The van der Waals surface area contributed by atoms with E-state index in [2.05, 4.69) is 165 Å². The minimum Gasteiger partial charge on any atom is -0.493 e. The van der Waals surface area contributed by atoms with Gasteiger partial charge in [-0.3, -0.25) is 0 Å². The first-order valence-electron chi connectivity index (χ1n) is 18.0. The van der Waals surface area contributed by atoms with Gasteiger partial charge in [0.1, 0.15) is 11.5 Å². The molecule has 258 valence electrons. The van der Waals surface area contributed by atoms with Gasteiger partial charge in [0.15, 0.2) is 0 Å². The molecule has 6 aromatic carbocycles. The van der Waals surface area contributed by atoms with Crippen LogP contribution in [0.4, 0.5) is 0 Å². The summed E-state index contributed by atoms with van der Waals surface area (Å²) in [6.07, 6.45) is 0.819. The van der Waals surface area contributed by atoms with Crippen molar-refractivity contribution in [2.45, 2.75) is 61.8 Å². The van der Waals surface area contributed by atoms with Crippen molar-refractivity contribution in [2.75, 3.05) is 13.2 Å². The van der Waals surface area contributed by atoms with E-state index in [1.165, 1.54) is 76.3 Å². The fourth-order valence-corrected chi connectivity index (χ4v) is 13.5. The zero-order valence-electron chi connectivity index (χ0n) is 31.2. The van der Waals surface area contributed by atoms with Crippen molar-refractivity contribution in [3.05, 3.63) is 154 Å². The van der Waals surface area contributed by atoms with E-state index in [4.69, 9.17) is 9.47 Å². The molecule has 0 aromatic heterocycles. The van der Waals surface area contributed by atoms with Crippen LogP contribution in [0, 0.1) is 55.4 Å². The van der Waals surface area contributed by atoms with Crippen molar-refractivity contribution in [1.82, 2.24) is 0 Å². The molecule has 0 unspecified atom stereocenters. The molecule has 4 heteroatoms. The van der Waals surface area contributed by atoms with Crippen LogP contribution in [0.15, 0.2) is 109 Å². The average molecular weight is 707 g/mol. The molecule has 0 amide bonds. The van der Waals surface area contributed by atoms with Crippen LogP contribution < -0.4 is 41.3 Å². The summed E-state index contributed by atoms with van der Waals surface area (Å²) in [4.78, 5) is 0. The first-order chi connectivity index (χ1) is 24.5. The van der Waals surface area contributed by atoms with Crippen LogP contribution in [0.3, 0.4) is 0 Å². The third-order valence-electron chi connectivity index (χ3n) is 9.40. The van der Waals surface area contributed by atoms with E-state index in [1.807, 2.05) is 0 Å². The normalized spacial score (nSPS) is 12.7. The fraction of sp³-hybridized carbons (Fsp3) is 0.234. The third kappa shape index (κ3) is 7.55. The predicted molar refractivity (Wildman–Crippen MR) is 223 cm³/mol. The summed E-state index contributed by atoms with van der Waals surface area (Å²) in [7, 11) is -1.94. The second kappa shape index (κ2) is 14.8. The minimum absolute atomic E-state index is 0.605. The monoisotopic (exact) mass is 706 g/mol. The molecule has 6 aromatic rings. The molecule has 0 atom stereocenters. The van der Waals surface area contributed by atoms with Crippen molar-refractivity contribution in [2.24, 2.45) is 0 Å². The summed E-state index contributed by atoms with van der Waals surface area (Å²) < 4.78 is 13.6. The van der Waals surface area contributed by atoms with Crippen LogP contribution in [-0.2, 0) is 0 Å². The molecule has 0 spiro atoms. The van der Waals surface area contributed by atoms with Crippen LogP contribution in [-0.4, -0.2) is 13.2 Å². The SMILES string of the molecule is Cc1cc(C)cc(P(c2cc(C)cc(C)c2)c2cccc3c2-c2c(cccc2P(c2cc(C)cc(C)c2)c2cc(C)cc(C)c2)OCCCO3)c1. The van der Waals surface area contributed by atoms with Gasteiger partial charge in [-0.15, -0.1) is 0 Å². The largest absolute Gasteiger partial charge is 0.493 e. The lowest BCUT2D eigenvalue weighted by Crippen LogP contribution is -2.27. The summed E-state index contributed by atoms with van der Waals surface area (Å²) in [6, 6.07) is 41.8. The van der Waals surface area contributed by atoms with E-state index in [1.54, 1.807) is 0 Å². The van der Waals surface area contributed by atoms with Crippen LogP contribution in [0.25, 0.3) is 11.1 Å². The highest BCUT2D eigenvalue weighted by atomic mass is 31.1. The number of benzene rings is 6. The van der Waals surface area contributed by atoms with Gasteiger partial charge in [-0.2, -0.15) is 0 Å². The van der Waals surface area contributed by atoms with Gasteiger partial charge in [-0.25, -0.2) is 0 Å². The second-order valence-corrected chi connectivity index (χ2v) is 18.8. The zero-order valence-corrected chi connectivity index (χ0v) is 33.0. The molecule has 0 radical (unpaired) electrons. The van der Waals surface area contributed by atoms with Gasteiger partial charge in [-0.1, -0.05) is 142 Å². The van der Waals surface area contributed by atoms with Gasteiger partial charge in [0.25, 0.3) is 0 Å². The number of aryl methyl sites for hydroxylation is 8. The lowest BCUT2D eigenvalue weighted by Gasteiger charge is -2.29. The number of ether oxygens (including phenoxy) is 2. The Balaban J connectivity index is 1.60. The Bertz CT molecular complexity index is 1910. The fourth-order valence-electron chi connectivity index (χ4n) is 7.75. The number of rotatable bonds is 6. The van der Waals surface area contributed by atoms with E-state index >= 15 is 0 Å². The Hall–Kier alpha value is -4.22. The number of hydrogen-bond donors (Lipinski definition) is 0. The molecular weight excluding hydrogens is 658 g/mol. The predicted octanol–water partition coefficient (Wildman–Crippen LogP) is 9.50. The van der Waals surface area contributed by atoms with Gasteiger partial charge >= 0.3 is 0 Å². The third-order valence-corrected chi connectivity index (χ3v) is 14.2. The molecule has 0 bridgehead atoms. The highest BCUT2D eigenvalue weighted by molar-refractivity contribution is 7.80. The van der Waals surface area contributed by atoms with Crippen LogP contribution >= 0.6 is 15.8 Å². The Kier molecular flexibility index (Phi) is 10.2. The van der Waals surface area contributed by atoms with E-state index < -0.39 is 15.8 Å². The molecule has 2 nitrogen and oxygen atoms in total. The van der Waals surface area contributed by atoms with E-state index in [-0.39, 0.29) is 0 Å². The van der Waals surface area contributed by atoms with E-state index in [9.17, 15) is 0 Å². The maximum atomic E-state index is 6.78. The summed E-state index contributed by atoms with van der Waals surface area (Å²) >= 11 is 0. The van der Waals surface area contributed by atoms with Crippen molar-refractivity contribution >= 4 is 47.7 Å². The van der Waals surface area contributed by atoms with Crippen molar-refractivity contribution < 1.29 is 9.47 Å². The highest BCUT2D eigenvalue weighted by Gasteiger charge is 2.31. The highest BCUT2D eigenvalue weighted by Crippen LogP contribution is 2.48. The molecular formula is C47H48O2P2. The van der Waals surface area contributed by atoms with Gasteiger partial charge < -0.3 is 9.47 Å². The first kappa shape index (κ1) is 35.2. The zero-order chi connectivity index (χ0) is 35.8. The molecule has 1 heterocycles. The summed E-state index contributed by atoms with van der Waals surface area (Å²) in [5.41, 5.74) is 12.6. The van der Waals surface area contributed by atoms with Crippen LogP contribution in [0.5, 0.6) is 11.5 Å². The molecule has 0 aliphatic carbocycles.